The third-order valence-electron chi connectivity index (χ3n) is 8.60. The van der Waals surface area contributed by atoms with E-state index in [0.29, 0.717) is 72.6 Å². The molecule has 1 fully saturated rings. The van der Waals surface area contributed by atoms with E-state index in [0.717, 1.165) is 41.5 Å². The topological polar surface area (TPSA) is 117 Å². The van der Waals surface area contributed by atoms with E-state index in [1.54, 1.807) is 12.1 Å². The lowest BCUT2D eigenvalue weighted by Crippen LogP contribution is -2.39. The van der Waals surface area contributed by atoms with E-state index in [2.05, 4.69) is 48.1 Å². The van der Waals surface area contributed by atoms with E-state index < -0.39 is 26.6 Å². The van der Waals surface area contributed by atoms with Crippen LogP contribution in [0, 0.1) is 11.6 Å². The molecule has 0 spiro atoms. The minimum atomic E-state index is -4.19. The Morgan fingerprint density at radius 2 is 1.80 bits per heavy atom. The number of aromatic amines is 1. The average molecular weight is 660 g/mol. The van der Waals surface area contributed by atoms with Crippen LogP contribution < -0.4 is 10.1 Å². The molecular formula is C33H43F2N5O5S. The van der Waals surface area contributed by atoms with Gasteiger partial charge >= 0.3 is 0 Å². The van der Waals surface area contributed by atoms with Crippen LogP contribution in [0.3, 0.4) is 0 Å². The number of hydrogen-bond donors (Lipinski definition) is 2. The number of H-pyrrole nitrogens is 1. The van der Waals surface area contributed by atoms with Crippen LogP contribution in [-0.4, -0.2) is 84.6 Å². The van der Waals surface area contributed by atoms with Gasteiger partial charge < -0.3 is 14.8 Å². The van der Waals surface area contributed by atoms with Gasteiger partial charge in [-0.1, -0.05) is 0 Å². The van der Waals surface area contributed by atoms with Crippen LogP contribution in [0.25, 0.3) is 0 Å². The molecule has 5 rings (SSSR count). The highest BCUT2D eigenvalue weighted by Gasteiger charge is 2.32. The second-order valence-electron chi connectivity index (χ2n) is 12.4. The predicted molar refractivity (Wildman–Crippen MR) is 171 cm³/mol. The largest absolute Gasteiger partial charge is 0.492 e. The van der Waals surface area contributed by atoms with E-state index in [1.165, 1.54) is 0 Å². The number of hydrogen-bond acceptors (Lipinski definition) is 8. The summed E-state index contributed by atoms with van der Waals surface area (Å²) in [7, 11) is -4.19. The number of nitrogens with one attached hydrogen (secondary N) is 2. The Morgan fingerprint density at radius 3 is 2.48 bits per heavy atom. The molecule has 1 saturated heterocycles. The first-order valence-electron chi connectivity index (χ1n) is 15.8. The van der Waals surface area contributed by atoms with Crippen molar-refractivity contribution in [1.82, 2.24) is 19.4 Å². The summed E-state index contributed by atoms with van der Waals surface area (Å²) in [6, 6.07) is 8.57. The molecule has 2 N–H and O–H groups in total. The normalized spacial score (nSPS) is 16.3. The maximum absolute atomic E-state index is 13.8. The van der Waals surface area contributed by atoms with Crippen LogP contribution in [0.15, 0.2) is 41.3 Å². The van der Waals surface area contributed by atoms with Crippen LogP contribution in [0.4, 0.5) is 14.5 Å². The molecule has 0 bridgehead atoms. The molecule has 0 amide bonds. The predicted octanol–water partition coefficient (Wildman–Crippen LogP) is 4.95. The lowest BCUT2D eigenvalue weighted by molar-refractivity contribution is 0.0904. The molecule has 1 aromatic heterocycles. The SMILES string of the molecule is CC(C)N(CCOc1ccc(C(=O)Cc2n[nH]c3c2CN(S(=O)(=O)c2cc(F)cc(F)c2)CC3)c(NC2CCOCC2)c1)C(C)C. The first-order chi connectivity index (χ1) is 21.9. The fourth-order valence-electron chi connectivity index (χ4n) is 6.17. The zero-order valence-electron chi connectivity index (χ0n) is 26.8. The van der Waals surface area contributed by atoms with Crippen molar-refractivity contribution in [3.8, 4) is 5.75 Å². The zero-order valence-corrected chi connectivity index (χ0v) is 27.6. The Labute approximate surface area is 269 Å². The van der Waals surface area contributed by atoms with Crippen molar-refractivity contribution in [3.63, 3.8) is 0 Å². The molecule has 0 aliphatic carbocycles. The van der Waals surface area contributed by atoms with E-state index in [1.807, 2.05) is 6.07 Å². The Balaban J connectivity index is 1.34. The molecular weight excluding hydrogens is 616 g/mol. The molecule has 2 aliphatic rings. The van der Waals surface area contributed by atoms with E-state index in [9.17, 15) is 22.0 Å². The van der Waals surface area contributed by atoms with Crippen molar-refractivity contribution in [3.05, 3.63) is 70.5 Å². The van der Waals surface area contributed by atoms with Gasteiger partial charge in [0.2, 0.25) is 10.0 Å². The third kappa shape index (κ3) is 7.93. The molecule has 2 aromatic carbocycles. The maximum Gasteiger partial charge on any atom is 0.243 e. The Kier molecular flexibility index (Phi) is 10.8. The van der Waals surface area contributed by atoms with Gasteiger partial charge in [0.15, 0.2) is 5.78 Å². The fourth-order valence-corrected chi connectivity index (χ4v) is 7.63. The minimum absolute atomic E-state index is 0.0608. The number of rotatable bonds is 13. The van der Waals surface area contributed by atoms with E-state index in [4.69, 9.17) is 9.47 Å². The number of fused-ring (bicyclic) bond motifs is 1. The number of nitrogens with zero attached hydrogens (tertiary/aromatic N) is 3. The summed E-state index contributed by atoms with van der Waals surface area (Å²) in [5, 5.41) is 10.9. The van der Waals surface area contributed by atoms with Gasteiger partial charge in [-0.15, -0.1) is 0 Å². The second-order valence-corrected chi connectivity index (χ2v) is 14.4. The zero-order chi connectivity index (χ0) is 33.0. The van der Waals surface area contributed by atoms with Gasteiger partial charge in [-0.2, -0.15) is 9.40 Å². The molecule has 3 heterocycles. The second kappa shape index (κ2) is 14.6. The van der Waals surface area contributed by atoms with Gasteiger partial charge in [0.05, 0.1) is 17.0 Å². The monoisotopic (exact) mass is 659 g/mol. The van der Waals surface area contributed by atoms with Crippen molar-refractivity contribution >= 4 is 21.5 Å². The number of benzene rings is 2. The number of carbonyl (C=O) groups is 1. The van der Waals surface area contributed by atoms with Crippen LogP contribution in [0.5, 0.6) is 5.75 Å². The van der Waals surface area contributed by atoms with Gasteiger partial charge in [-0.05, 0) is 64.8 Å². The molecule has 0 radical (unpaired) electrons. The summed E-state index contributed by atoms with van der Waals surface area (Å²) >= 11 is 0. The summed E-state index contributed by atoms with van der Waals surface area (Å²) in [5.74, 6) is -1.47. The fraction of sp³-hybridized carbons (Fsp3) is 0.515. The molecule has 13 heteroatoms. The summed E-state index contributed by atoms with van der Waals surface area (Å²) < 4.78 is 67.1. The maximum atomic E-state index is 13.8. The summed E-state index contributed by atoms with van der Waals surface area (Å²) in [6.07, 6.45) is 1.88. The van der Waals surface area contributed by atoms with Crippen molar-refractivity contribution < 1.29 is 31.5 Å². The molecule has 46 heavy (non-hydrogen) atoms. The molecule has 250 valence electrons. The number of carbonyl (C=O) groups excluding carboxylic acids is 1. The number of sulfonamides is 1. The number of Topliss-reactive ketones (excluding diaryl/α,β-unsaturated/α-hetero) is 1. The highest BCUT2D eigenvalue weighted by atomic mass is 32.2. The summed E-state index contributed by atoms with van der Waals surface area (Å²) in [4.78, 5) is 15.7. The smallest absolute Gasteiger partial charge is 0.243 e. The lowest BCUT2D eigenvalue weighted by atomic mass is 9.99. The number of halogens is 2. The van der Waals surface area contributed by atoms with Crippen molar-refractivity contribution in [1.29, 1.82) is 0 Å². The van der Waals surface area contributed by atoms with Gasteiger partial charge in [0.25, 0.3) is 0 Å². The molecule has 10 nitrogen and oxygen atoms in total. The number of anilines is 1. The van der Waals surface area contributed by atoms with Gasteiger partial charge in [-0.3, -0.25) is 14.8 Å². The van der Waals surface area contributed by atoms with Crippen molar-refractivity contribution in [2.75, 3.05) is 38.2 Å². The Hall–Kier alpha value is -3.39. The van der Waals surface area contributed by atoms with Gasteiger partial charge in [0.1, 0.15) is 24.0 Å². The van der Waals surface area contributed by atoms with Gasteiger partial charge in [0, 0.05) is 92.0 Å². The van der Waals surface area contributed by atoms with Crippen molar-refractivity contribution in [2.45, 2.75) is 82.9 Å². The number of ether oxygens (including phenoxy) is 2. The summed E-state index contributed by atoms with van der Waals surface area (Å²) in [6.45, 7) is 11.2. The van der Waals surface area contributed by atoms with Crippen LogP contribution in [0.1, 0.15) is 67.8 Å². The van der Waals surface area contributed by atoms with Gasteiger partial charge in [-0.25, -0.2) is 17.2 Å². The highest BCUT2D eigenvalue weighted by molar-refractivity contribution is 7.89. The number of aromatic nitrogens is 2. The molecule has 2 aliphatic heterocycles. The third-order valence-corrected chi connectivity index (χ3v) is 10.4. The minimum Gasteiger partial charge on any atom is -0.492 e. The van der Waals surface area contributed by atoms with E-state index in [-0.39, 0.29) is 31.3 Å². The molecule has 3 aromatic rings. The first kappa shape index (κ1) is 34.0. The molecule has 0 unspecified atom stereocenters. The quantitative estimate of drug-likeness (QED) is 0.248. The molecule has 0 saturated carbocycles. The Bertz CT molecular complexity index is 1610. The van der Waals surface area contributed by atoms with Crippen LogP contribution >= 0.6 is 0 Å². The van der Waals surface area contributed by atoms with Crippen LogP contribution in [0.2, 0.25) is 0 Å². The standard InChI is InChI=1S/C33H43F2N5O5S/c1-21(2)40(22(3)4)11-14-45-26-5-6-28(31(18-26)36-25-8-12-44-13-9-25)33(41)19-32-29-20-39(10-7-30(29)37-38-32)46(42,43)27-16-23(34)15-24(35)17-27/h5-6,15-18,21-22,25,36H,7-14,19-20H2,1-4H3,(H,37,38). The van der Waals surface area contributed by atoms with Crippen LogP contribution in [-0.2, 0) is 34.1 Å². The first-order valence-corrected chi connectivity index (χ1v) is 17.3. The van der Waals surface area contributed by atoms with E-state index >= 15 is 0 Å². The number of ketones is 1. The summed E-state index contributed by atoms with van der Waals surface area (Å²) in [5.41, 5.74) is 2.92. The Morgan fingerprint density at radius 1 is 1.11 bits per heavy atom. The molecule has 0 atom stereocenters. The highest BCUT2D eigenvalue weighted by Crippen LogP contribution is 2.30. The van der Waals surface area contributed by atoms with Crippen molar-refractivity contribution in [2.24, 2.45) is 0 Å². The lowest BCUT2D eigenvalue weighted by Gasteiger charge is -2.30. The average Bonchev–Trinajstić information content (AvgIpc) is 3.40.